The Morgan fingerprint density at radius 1 is 1.29 bits per heavy atom. The average Bonchev–Trinajstić information content (AvgIpc) is 2.64. The van der Waals surface area contributed by atoms with Gasteiger partial charge in [0.05, 0.1) is 0 Å². The van der Waals surface area contributed by atoms with E-state index in [2.05, 4.69) is 35.1 Å². The zero-order valence-corrected chi connectivity index (χ0v) is 10.1. The number of aryl methyl sites for hydroxylation is 1. The van der Waals surface area contributed by atoms with Crippen LogP contribution in [0.3, 0.4) is 0 Å². The number of nitrogens with one attached hydrogen (secondary N) is 1. The van der Waals surface area contributed by atoms with E-state index >= 15 is 0 Å². The van der Waals surface area contributed by atoms with Crippen molar-refractivity contribution in [2.45, 2.75) is 20.4 Å². The van der Waals surface area contributed by atoms with Crippen LogP contribution in [0.1, 0.15) is 18.2 Å². The highest BCUT2D eigenvalue weighted by molar-refractivity contribution is 5.88. The minimum atomic E-state index is -0.0423. The summed E-state index contributed by atoms with van der Waals surface area (Å²) in [5, 5.41) is 2.79. The van der Waals surface area contributed by atoms with Crippen molar-refractivity contribution in [1.82, 2.24) is 4.57 Å². The first kappa shape index (κ1) is 11.5. The standard InChI is InChI=1S/C14H16N2O/c1-11-5-4-8-16(11)10-13-6-3-7-14(9-13)15-12(2)17/h3-9H,10H2,1-2H3,(H,15,17). The quantitative estimate of drug-likeness (QED) is 0.861. The molecule has 1 N–H and O–H groups in total. The summed E-state index contributed by atoms with van der Waals surface area (Å²) in [4.78, 5) is 11.0. The summed E-state index contributed by atoms with van der Waals surface area (Å²) in [5.41, 5.74) is 3.25. The van der Waals surface area contributed by atoms with Gasteiger partial charge < -0.3 is 9.88 Å². The van der Waals surface area contributed by atoms with Crippen LogP contribution >= 0.6 is 0 Å². The van der Waals surface area contributed by atoms with Gasteiger partial charge in [-0.2, -0.15) is 0 Å². The van der Waals surface area contributed by atoms with Crippen LogP contribution in [0.5, 0.6) is 0 Å². The maximum Gasteiger partial charge on any atom is 0.221 e. The first-order valence-corrected chi connectivity index (χ1v) is 5.63. The molecule has 0 aliphatic rings. The Bertz CT molecular complexity index is 529. The summed E-state index contributed by atoms with van der Waals surface area (Å²) in [6, 6.07) is 12.0. The van der Waals surface area contributed by atoms with E-state index < -0.39 is 0 Å². The average molecular weight is 228 g/mol. The van der Waals surface area contributed by atoms with E-state index in [4.69, 9.17) is 0 Å². The number of hydrogen-bond donors (Lipinski definition) is 1. The van der Waals surface area contributed by atoms with Crippen LogP contribution in [0.15, 0.2) is 42.6 Å². The second kappa shape index (κ2) is 4.87. The summed E-state index contributed by atoms with van der Waals surface area (Å²) in [5.74, 6) is -0.0423. The molecule has 0 aliphatic carbocycles. The molecule has 0 fully saturated rings. The lowest BCUT2D eigenvalue weighted by Gasteiger charge is -2.08. The fourth-order valence-electron chi connectivity index (χ4n) is 1.82. The highest BCUT2D eigenvalue weighted by atomic mass is 16.1. The van der Waals surface area contributed by atoms with Gasteiger partial charge in [0.25, 0.3) is 0 Å². The van der Waals surface area contributed by atoms with Gasteiger partial charge in [0, 0.05) is 31.0 Å². The summed E-state index contributed by atoms with van der Waals surface area (Å²) in [6.45, 7) is 4.42. The van der Waals surface area contributed by atoms with Crippen molar-refractivity contribution >= 4 is 11.6 Å². The van der Waals surface area contributed by atoms with Crippen LogP contribution in [-0.2, 0) is 11.3 Å². The summed E-state index contributed by atoms with van der Waals surface area (Å²) in [6.07, 6.45) is 2.06. The molecule has 1 aromatic carbocycles. The molecule has 1 aromatic heterocycles. The molecule has 0 spiro atoms. The number of amides is 1. The van der Waals surface area contributed by atoms with Gasteiger partial charge in [0.2, 0.25) is 5.91 Å². The maximum atomic E-state index is 11.0. The largest absolute Gasteiger partial charge is 0.347 e. The Labute approximate surface area is 101 Å². The maximum absolute atomic E-state index is 11.0. The minimum Gasteiger partial charge on any atom is -0.347 e. The van der Waals surface area contributed by atoms with E-state index in [-0.39, 0.29) is 5.91 Å². The van der Waals surface area contributed by atoms with Crippen molar-refractivity contribution in [2.24, 2.45) is 0 Å². The zero-order valence-electron chi connectivity index (χ0n) is 10.1. The third kappa shape index (κ3) is 2.97. The van der Waals surface area contributed by atoms with Gasteiger partial charge in [-0.1, -0.05) is 12.1 Å². The van der Waals surface area contributed by atoms with Gasteiger partial charge in [-0.25, -0.2) is 0 Å². The van der Waals surface area contributed by atoms with Crippen LogP contribution in [0, 0.1) is 6.92 Å². The lowest BCUT2D eigenvalue weighted by Crippen LogP contribution is -2.06. The molecule has 3 heteroatoms. The fraction of sp³-hybridized carbons (Fsp3) is 0.214. The Kier molecular flexibility index (Phi) is 3.28. The van der Waals surface area contributed by atoms with E-state index in [9.17, 15) is 4.79 Å². The van der Waals surface area contributed by atoms with E-state index in [1.54, 1.807) is 0 Å². The first-order valence-electron chi connectivity index (χ1n) is 5.63. The Hall–Kier alpha value is -2.03. The van der Waals surface area contributed by atoms with Crippen LogP contribution in [0.25, 0.3) is 0 Å². The number of nitrogens with zero attached hydrogens (tertiary/aromatic N) is 1. The predicted octanol–water partition coefficient (Wildman–Crippen LogP) is 2.80. The van der Waals surface area contributed by atoms with Crippen molar-refractivity contribution in [3.63, 3.8) is 0 Å². The fourth-order valence-corrected chi connectivity index (χ4v) is 1.82. The molecule has 1 heterocycles. The van der Waals surface area contributed by atoms with Crippen molar-refractivity contribution in [2.75, 3.05) is 5.32 Å². The van der Waals surface area contributed by atoms with E-state index in [0.717, 1.165) is 12.2 Å². The van der Waals surface area contributed by atoms with Gasteiger partial charge in [-0.3, -0.25) is 4.79 Å². The first-order chi connectivity index (χ1) is 8.15. The van der Waals surface area contributed by atoms with Gasteiger partial charge >= 0.3 is 0 Å². The van der Waals surface area contributed by atoms with Crippen LogP contribution in [-0.4, -0.2) is 10.5 Å². The summed E-state index contributed by atoms with van der Waals surface area (Å²) in [7, 11) is 0. The van der Waals surface area contributed by atoms with Crippen molar-refractivity contribution < 1.29 is 4.79 Å². The number of carbonyl (C=O) groups excluding carboxylic acids is 1. The van der Waals surface area contributed by atoms with E-state index in [0.29, 0.717) is 0 Å². The van der Waals surface area contributed by atoms with Gasteiger partial charge in [0.1, 0.15) is 0 Å². The Morgan fingerprint density at radius 2 is 2.12 bits per heavy atom. The summed E-state index contributed by atoms with van der Waals surface area (Å²) < 4.78 is 2.17. The number of hydrogen-bond acceptors (Lipinski definition) is 1. The zero-order chi connectivity index (χ0) is 12.3. The Morgan fingerprint density at radius 3 is 2.76 bits per heavy atom. The predicted molar refractivity (Wildman–Crippen MR) is 69.0 cm³/mol. The molecule has 17 heavy (non-hydrogen) atoms. The molecule has 0 saturated carbocycles. The van der Waals surface area contributed by atoms with Gasteiger partial charge in [-0.15, -0.1) is 0 Å². The van der Waals surface area contributed by atoms with Crippen LogP contribution in [0.2, 0.25) is 0 Å². The second-order valence-corrected chi connectivity index (χ2v) is 4.16. The lowest BCUT2D eigenvalue weighted by atomic mass is 10.2. The molecule has 0 unspecified atom stereocenters. The van der Waals surface area contributed by atoms with Crippen molar-refractivity contribution in [1.29, 1.82) is 0 Å². The molecule has 0 atom stereocenters. The van der Waals surface area contributed by atoms with Crippen molar-refractivity contribution in [3.05, 3.63) is 53.9 Å². The third-order valence-electron chi connectivity index (χ3n) is 2.66. The molecule has 88 valence electrons. The van der Waals surface area contributed by atoms with Crippen LogP contribution in [0.4, 0.5) is 5.69 Å². The summed E-state index contributed by atoms with van der Waals surface area (Å²) >= 11 is 0. The highest BCUT2D eigenvalue weighted by Gasteiger charge is 2.00. The van der Waals surface area contributed by atoms with E-state index in [1.807, 2.05) is 24.3 Å². The molecule has 1 amide bonds. The van der Waals surface area contributed by atoms with Gasteiger partial charge in [0.15, 0.2) is 0 Å². The molecule has 3 nitrogen and oxygen atoms in total. The number of aromatic nitrogens is 1. The smallest absolute Gasteiger partial charge is 0.221 e. The molecular weight excluding hydrogens is 212 g/mol. The highest BCUT2D eigenvalue weighted by Crippen LogP contribution is 2.13. The number of rotatable bonds is 3. The van der Waals surface area contributed by atoms with E-state index in [1.165, 1.54) is 18.2 Å². The molecule has 2 aromatic rings. The molecule has 0 radical (unpaired) electrons. The number of carbonyl (C=O) groups is 1. The van der Waals surface area contributed by atoms with Crippen LogP contribution < -0.4 is 5.32 Å². The molecule has 0 bridgehead atoms. The normalized spacial score (nSPS) is 10.2. The van der Waals surface area contributed by atoms with Crippen molar-refractivity contribution in [3.8, 4) is 0 Å². The molecule has 2 rings (SSSR count). The number of benzene rings is 1. The molecule has 0 saturated heterocycles. The topological polar surface area (TPSA) is 34.0 Å². The third-order valence-corrected chi connectivity index (χ3v) is 2.66. The molecular formula is C14H16N2O. The Balaban J connectivity index is 2.16. The monoisotopic (exact) mass is 228 g/mol. The minimum absolute atomic E-state index is 0.0423. The second-order valence-electron chi connectivity index (χ2n) is 4.16. The lowest BCUT2D eigenvalue weighted by molar-refractivity contribution is -0.114. The molecule has 0 aliphatic heterocycles. The van der Waals surface area contributed by atoms with Gasteiger partial charge in [-0.05, 0) is 36.8 Å². The SMILES string of the molecule is CC(=O)Nc1cccc(Cn2cccc2C)c1. The number of anilines is 1.